The summed E-state index contributed by atoms with van der Waals surface area (Å²) in [7, 11) is -3.75. The van der Waals surface area contributed by atoms with E-state index < -0.39 is 10.0 Å². The van der Waals surface area contributed by atoms with Gasteiger partial charge in [-0.1, -0.05) is 50.8 Å². The van der Waals surface area contributed by atoms with Crippen molar-refractivity contribution in [3.63, 3.8) is 0 Å². The summed E-state index contributed by atoms with van der Waals surface area (Å²) in [5.74, 6) is 0.337. The lowest BCUT2D eigenvalue weighted by Crippen LogP contribution is -2.42. The maximum absolute atomic E-state index is 13.0. The fraction of sp³-hybridized carbons (Fsp3) is 0.500. The highest BCUT2D eigenvalue weighted by Crippen LogP contribution is 2.21. The lowest BCUT2D eigenvalue weighted by atomic mass is 9.99. The smallest absolute Gasteiger partial charge is 0.254 e. The van der Waals surface area contributed by atoms with Gasteiger partial charge in [0.1, 0.15) is 10.7 Å². The monoisotopic (exact) mass is 458 g/mol. The van der Waals surface area contributed by atoms with Crippen molar-refractivity contribution in [2.75, 3.05) is 31.5 Å². The summed E-state index contributed by atoms with van der Waals surface area (Å²) >= 11 is 0. The zero-order valence-electron chi connectivity index (χ0n) is 19.1. The predicted molar refractivity (Wildman–Crippen MR) is 127 cm³/mol. The molecule has 8 heteroatoms. The number of rotatable bonds is 12. The molecule has 3 rings (SSSR count). The van der Waals surface area contributed by atoms with Gasteiger partial charge in [0, 0.05) is 37.4 Å². The van der Waals surface area contributed by atoms with Crippen LogP contribution in [0.4, 0.5) is 5.82 Å². The van der Waals surface area contributed by atoms with Gasteiger partial charge in [0.15, 0.2) is 0 Å². The van der Waals surface area contributed by atoms with E-state index in [4.69, 9.17) is 0 Å². The lowest BCUT2D eigenvalue weighted by molar-refractivity contribution is 0.0743. The maximum Gasteiger partial charge on any atom is 0.254 e. The average molecular weight is 459 g/mol. The number of pyridine rings is 1. The van der Waals surface area contributed by atoms with Gasteiger partial charge in [0.05, 0.1) is 0 Å². The van der Waals surface area contributed by atoms with Gasteiger partial charge >= 0.3 is 0 Å². The van der Waals surface area contributed by atoms with E-state index in [2.05, 4.69) is 21.9 Å². The van der Waals surface area contributed by atoms with Crippen molar-refractivity contribution in [3.05, 3.63) is 53.2 Å². The molecule has 0 fully saturated rings. The number of aryl methyl sites for hydroxylation is 1. The second-order valence-corrected chi connectivity index (χ2v) is 9.97. The number of sulfonamides is 1. The number of hydrogen-bond donors (Lipinski definition) is 2. The van der Waals surface area contributed by atoms with Crippen LogP contribution in [-0.4, -0.2) is 50.4 Å². The number of fused-ring (bicyclic) bond motifs is 1. The van der Waals surface area contributed by atoms with Crippen molar-refractivity contribution in [1.82, 2.24) is 14.6 Å². The molecule has 0 unspecified atom stereocenters. The predicted octanol–water partition coefficient (Wildman–Crippen LogP) is 3.75. The Bertz CT molecular complexity index is 1020. The maximum atomic E-state index is 13.0. The second-order valence-electron chi connectivity index (χ2n) is 8.24. The summed E-state index contributed by atoms with van der Waals surface area (Å²) in [6.45, 7) is 5.78. The number of carbonyl (C=O) groups excluding carboxylic acids is 1. The molecular weight excluding hydrogens is 424 g/mol. The Kier molecular flexibility index (Phi) is 8.64. The zero-order valence-corrected chi connectivity index (χ0v) is 19.9. The molecule has 7 nitrogen and oxygen atoms in total. The fourth-order valence-electron chi connectivity index (χ4n) is 3.90. The molecule has 2 heterocycles. The summed E-state index contributed by atoms with van der Waals surface area (Å²) in [5.41, 5.74) is 2.51. The molecule has 174 valence electrons. The van der Waals surface area contributed by atoms with Crippen LogP contribution in [0.15, 0.2) is 41.3 Å². The Labute approximate surface area is 191 Å². The lowest BCUT2D eigenvalue weighted by Gasteiger charge is -2.28. The first-order valence-electron chi connectivity index (χ1n) is 11.5. The van der Waals surface area contributed by atoms with Gasteiger partial charge in [-0.15, -0.1) is 0 Å². The molecule has 0 saturated heterocycles. The van der Waals surface area contributed by atoms with Gasteiger partial charge in [0.25, 0.3) is 5.91 Å². The number of aromatic nitrogens is 1. The normalized spacial score (nSPS) is 13.8. The number of hydrogen-bond acceptors (Lipinski definition) is 5. The summed E-state index contributed by atoms with van der Waals surface area (Å²) in [5, 5.41) is 3.20. The quantitative estimate of drug-likeness (QED) is 0.473. The van der Waals surface area contributed by atoms with Crippen LogP contribution >= 0.6 is 0 Å². The molecule has 2 N–H and O–H groups in total. The van der Waals surface area contributed by atoms with Gasteiger partial charge in [-0.3, -0.25) is 4.79 Å². The van der Waals surface area contributed by atoms with Gasteiger partial charge in [0.2, 0.25) is 10.0 Å². The van der Waals surface area contributed by atoms with E-state index in [1.54, 1.807) is 17.0 Å². The molecule has 2 aromatic rings. The van der Waals surface area contributed by atoms with Crippen LogP contribution in [0.5, 0.6) is 0 Å². The second kappa shape index (κ2) is 11.4. The zero-order chi connectivity index (χ0) is 23.0. The minimum absolute atomic E-state index is 0.0477. The third-order valence-corrected chi connectivity index (χ3v) is 7.21. The molecule has 1 aromatic carbocycles. The minimum atomic E-state index is -3.75. The van der Waals surface area contributed by atoms with Gasteiger partial charge < -0.3 is 10.2 Å². The minimum Gasteiger partial charge on any atom is -0.369 e. The third kappa shape index (κ3) is 6.29. The number of amides is 1. The highest BCUT2D eigenvalue weighted by molar-refractivity contribution is 7.89. The Hall–Kier alpha value is -2.45. The number of nitrogens with one attached hydrogen (secondary N) is 2. The third-order valence-electron chi connectivity index (χ3n) is 5.72. The van der Waals surface area contributed by atoms with Crippen LogP contribution in [0.1, 0.15) is 60.6 Å². The van der Waals surface area contributed by atoms with Crippen molar-refractivity contribution in [1.29, 1.82) is 0 Å². The van der Waals surface area contributed by atoms with Crippen LogP contribution in [0.2, 0.25) is 0 Å². The van der Waals surface area contributed by atoms with Gasteiger partial charge in [-0.2, -0.15) is 0 Å². The molecule has 0 bridgehead atoms. The van der Waals surface area contributed by atoms with E-state index in [-0.39, 0.29) is 17.3 Å². The fourth-order valence-corrected chi connectivity index (χ4v) is 5.04. The first kappa shape index (κ1) is 24.2. The molecule has 0 aliphatic carbocycles. The molecule has 0 saturated carbocycles. The summed E-state index contributed by atoms with van der Waals surface area (Å²) in [6, 6.07) is 10.9. The summed E-state index contributed by atoms with van der Waals surface area (Å²) in [4.78, 5) is 18.9. The summed E-state index contributed by atoms with van der Waals surface area (Å²) in [6.07, 6.45) is 6.46. The molecule has 0 spiro atoms. The van der Waals surface area contributed by atoms with Crippen molar-refractivity contribution in [2.45, 2.75) is 57.3 Å². The van der Waals surface area contributed by atoms with E-state index in [0.717, 1.165) is 30.5 Å². The Morgan fingerprint density at radius 3 is 2.62 bits per heavy atom. The largest absolute Gasteiger partial charge is 0.369 e. The average Bonchev–Trinajstić information content (AvgIpc) is 2.78. The number of nitrogens with zero attached hydrogens (tertiary/aromatic N) is 2. The molecule has 1 aromatic heterocycles. The Morgan fingerprint density at radius 1 is 1.03 bits per heavy atom. The Balaban J connectivity index is 1.57. The van der Waals surface area contributed by atoms with Crippen LogP contribution < -0.4 is 10.0 Å². The van der Waals surface area contributed by atoms with Crippen LogP contribution in [0.25, 0.3) is 0 Å². The van der Waals surface area contributed by atoms with Crippen LogP contribution in [0.3, 0.4) is 0 Å². The molecule has 32 heavy (non-hydrogen) atoms. The highest BCUT2D eigenvalue weighted by Gasteiger charge is 2.25. The van der Waals surface area contributed by atoms with Crippen molar-refractivity contribution >= 4 is 21.7 Å². The topological polar surface area (TPSA) is 91.4 Å². The van der Waals surface area contributed by atoms with Gasteiger partial charge in [-0.05, 0) is 43.5 Å². The number of unbranched alkanes of at least 4 members (excludes halogenated alkanes) is 4. The molecule has 0 radical (unpaired) electrons. The van der Waals surface area contributed by atoms with Crippen molar-refractivity contribution in [3.8, 4) is 0 Å². The van der Waals surface area contributed by atoms with Crippen LogP contribution in [0, 0.1) is 6.92 Å². The molecule has 1 aliphatic heterocycles. The first-order valence-corrected chi connectivity index (χ1v) is 13.0. The standard InChI is InChI=1S/C24H34N4O3S/c1-3-4-5-6-9-15-25-23-22(13-12-19(2)27-23)32(30,31)26-16-18-28-17-14-20-10-7-8-11-21(20)24(28)29/h7-8,10-13,26H,3-6,9,14-18H2,1-2H3,(H,25,27). The van der Waals surface area contributed by atoms with Crippen molar-refractivity contribution < 1.29 is 13.2 Å². The molecule has 0 atom stereocenters. The molecule has 1 aliphatic rings. The van der Waals surface area contributed by atoms with E-state index >= 15 is 0 Å². The molecule has 1 amide bonds. The van der Waals surface area contributed by atoms with E-state index in [0.29, 0.717) is 31.0 Å². The van der Waals surface area contributed by atoms with Crippen LogP contribution in [-0.2, 0) is 16.4 Å². The van der Waals surface area contributed by atoms with Crippen molar-refractivity contribution in [2.24, 2.45) is 0 Å². The number of anilines is 1. The van der Waals surface area contributed by atoms with Gasteiger partial charge in [-0.25, -0.2) is 18.1 Å². The number of benzene rings is 1. The van der Waals surface area contributed by atoms with E-state index in [1.165, 1.54) is 19.3 Å². The number of carbonyl (C=O) groups is 1. The first-order chi connectivity index (χ1) is 15.4. The SMILES string of the molecule is CCCCCCCNc1nc(C)ccc1S(=O)(=O)NCCN1CCc2ccccc2C1=O. The van der Waals surface area contributed by atoms with E-state index in [9.17, 15) is 13.2 Å². The highest BCUT2D eigenvalue weighted by atomic mass is 32.2. The summed E-state index contributed by atoms with van der Waals surface area (Å²) < 4.78 is 28.6. The Morgan fingerprint density at radius 2 is 1.81 bits per heavy atom. The van der Waals surface area contributed by atoms with E-state index in [1.807, 2.05) is 31.2 Å². The molecular formula is C24H34N4O3S.